The lowest BCUT2D eigenvalue weighted by Crippen LogP contribution is -2.23. The molecule has 0 aliphatic carbocycles. The first-order chi connectivity index (χ1) is 11.9. The van der Waals surface area contributed by atoms with Gasteiger partial charge in [-0.15, -0.1) is 0 Å². The fourth-order valence-electron chi connectivity index (χ4n) is 2.42. The second-order valence-corrected chi connectivity index (χ2v) is 7.38. The minimum absolute atomic E-state index is 0.00189. The largest absolute Gasteiger partial charge is 0.444 e. The lowest BCUT2D eigenvalue weighted by molar-refractivity contribution is 0.463. The van der Waals surface area contributed by atoms with Gasteiger partial charge in [-0.25, -0.2) is 22.5 Å². The molecule has 0 aliphatic rings. The van der Waals surface area contributed by atoms with Crippen LogP contribution in [0.1, 0.15) is 17.2 Å². The molecule has 0 amide bonds. The molecule has 5 nitrogen and oxygen atoms in total. The van der Waals surface area contributed by atoms with Crippen LogP contribution in [0.4, 0.5) is 4.39 Å². The Hall–Kier alpha value is -2.51. The Kier molecular flexibility index (Phi) is 4.69. The van der Waals surface area contributed by atoms with Crippen molar-refractivity contribution in [2.24, 2.45) is 0 Å². The molecule has 0 saturated heterocycles. The molecule has 1 heterocycles. The normalized spacial score (nSPS) is 11.6. The van der Waals surface area contributed by atoms with Gasteiger partial charge in [-0.1, -0.05) is 30.3 Å². The van der Waals surface area contributed by atoms with Crippen molar-refractivity contribution in [2.45, 2.75) is 25.3 Å². The number of nitrogens with zero attached hydrogens (tertiary/aromatic N) is 1. The number of nitrogens with one attached hydrogen (secondary N) is 1. The minimum Gasteiger partial charge on any atom is -0.444 e. The van der Waals surface area contributed by atoms with Gasteiger partial charge in [0, 0.05) is 5.56 Å². The zero-order chi connectivity index (χ0) is 18.0. The van der Waals surface area contributed by atoms with Gasteiger partial charge in [0.1, 0.15) is 17.3 Å². The number of hydrogen-bond acceptors (Lipinski definition) is 4. The van der Waals surface area contributed by atoms with Crippen LogP contribution in [-0.2, 0) is 16.6 Å². The van der Waals surface area contributed by atoms with Crippen LogP contribution in [0, 0.1) is 19.7 Å². The fourth-order valence-corrected chi connectivity index (χ4v) is 3.47. The Balaban J connectivity index is 1.78. The van der Waals surface area contributed by atoms with Gasteiger partial charge in [-0.3, -0.25) is 0 Å². The van der Waals surface area contributed by atoms with Gasteiger partial charge < -0.3 is 4.42 Å². The Morgan fingerprint density at radius 2 is 1.84 bits per heavy atom. The summed E-state index contributed by atoms with van der Waals surface area (Å²) in [6, 6.07) is 13.1. The average Bonchev–Trinajstić information content (AvgIpc) is 2.97. The zero-order valence-electron chi connectivity index (χ0n) is 13.8. The molecule has 0 spiro atoms. The van der Waals surface area contributed by atoms with Crippen LogP contribution in [0.2, 0.25) is 0 Å². The van der Waals surface area contributed by atoms with Gasteiger partial charge >= 0.3 is 0 Å². The van der Waals surface area contributed by atoms with Gasteiger partial charge in [0.2, 0.25) is 15.9 Å². The Labute approximate surface area is 145 Å². The van der Waals surface area contributed by atoms with E-state index in [0.717, 1.165) is 11.6 Å². The van der Waals surface area contributed by atoms with Crippen molar-refractivity contribution in [2.75, 3.05) is 0 Å². The van der Waals surface area contributed by atoms with Crippen LogP contribution in [0.5, 0.6) is 0 Å². The molecule has 3 rings (SSSR count). The highest BCUT2D eigenvalue weighted by atomic mass is 32.2. The molecule has 0 saturated carbocycles. The SMILES string of the molecule is Cc1cc(S(=O)(=O)NCc2nc(-c3ccccc3)c(C)o2)ccc1F. The number of aryl methyl sites for hydroxylation is 2. The molecule has 3 aromatic rings. The lowest BCUT2D eigenvalue weighted by Gasteiger charge is -2.06. The molecule has 1 N–H and O–H groups in total. The van der Waals surface area contributed by atoms with Gasteiger partial charge in [-0.2, -0.15) is 0 Å². The number of oxazole rings is 1. The molecule has 0 bridgehead atoms. The number of hydrogen-bond donors (Lipinski definition) is 1. The quantitative estimate of drug-likeness (QED) is 0.755. The van der Waals surface area contributed by atoms with Crippen LogP contribution in [0.25, 0.3) is 11.3 Å². The van der Waals surface area contributed by atoms with Crippen molar-refractivity contribution in [3.63, 3.8) is 0 Å². The van der Waals surface area contributed by atoms with Gasteiger partial charge in [0.15, 0.2) is 0 Å². The van der Waals surface area contributed by atoms with Crippen LogP contribution in [0.15, 0.2) is 57.8 Å². The van der Waals surface area contributed by atoms with E-state index in [1.54, 1.807) is 6.92 Å². The summed E-state index contributed by atoms with van der Waals surface area (Å²) in [5, 5.41) is 0. The predicted octanol–water partition coefficient (Wildman–Crippen LogP) is 3.58. The van der Waals surface area contributed by atoms with E-state index in [0.29, 0.717) is 11.5 Å². The van der Waals surface area contributed by atoms with E-state index in [9.17, 15) is 12.8 Å². The molecular weight excluding hydrogens is 343 g/mol. The molecule has 0 radical (unpaired) electrons. The average molecular weight is 360 g/mol. The summed E-state index contributed by atoms with van der Waals surface area (Å²) in [5.41, 5.74) is 1.83. The van der Waals surface area contributed by atoms with Gasteiger partial charge in [0.05, 0.1) is 11.4 Å². The molecular formula is C18H17FN2O3S. The summed E-state index contributed by atoms with van der Waals surface area (Å²) < 4.78 is 45.9. The molecule has 0 atom stereocenters. The van der Waals surface area contributed by atoms with Crippen LogP contribution in [-0.4, -0.2) is 13.4 Å². The molecule has 0 fully saturated rings. The number of sulfonamides is 1. The summed E-state index contributed by atoms with van der Waals surface area (Å²) >= 11 is 0. The minimum atomic E-state index is -3.78. The maximum Gasteiger partial charge on any atom is 0.241 e. The molecule has 7 heteroatoms. The number of rotatable bonds is 5. The van der Waals surface area contributed by atoms with Crippen molar-refractivity contribution in [3.05, 3.63) is 71.6 Å². The highest BCUT2D eigenvalue weighted by Crippen LogP contribution is 2.23. The van der Waals surface area contributed by atoms with E-state index in [1.807, 2.05) is 30.3 Å². The third-order valence-corrected chi connectivity index (χ3v) is 5.14. The van der Waals surface area contributed by atoms with E-state index >= 15 is 0 Å². The van der Waals surface area contributed by atoms with E-state index in [2.05, 4.69) is 9.71 Å². The highest BCUT2D eigenvalue weighted by molar-refractivity contribution is 7.89. The maximum atomic E-state index is 13.3. The number of aromatic nitrogens is 1. The smallest absolute Gasteiger partial charge is 0.241 e. The molecule has 130 valence electrons. The molecule has 1 aromatic heterocycles. The first-order valence-corrected chi connectivity index (χ1v) is 9.13. The molecule has 0 aliphatic heterocycles. The van der Waals surface area contributed by atoms with Crippen molar-refractivity contribution in [1.82, 2.24) is 9.71 Å². The highest BCUT2D eigenvalue weighted by Gasteiger charge is 2.18. The molecule has 0 unspecified atom stereocenters. The second-order valence-electron chi connectivity index (χ2n) is 5.61. The van der Waals surface area contributed by atoms with Crippen molar-refractivity contribution in [1.29, 1.82) is 0 Å². The van der Waals surface area contributed by atoms with E-state index in [1.165, 1.54) is 19.1 Å². The zero-order valence-corrected chi connectivity index (χ0v) is 14.6. The van der Waals surface area contributed by atoms with E-state index < -0.39 is 15.8 Å². The van der Waals surface area contributed by atoms with Crippen LogP contribution in [0.3, 0.4) is 0 Å². The summed E-state index contributed by atoms with van der Waals surface area (Å²) in [4.78, 5) is 4.35. The monoisotopic (exact) mass is 360 g/mol. The van der Waals surface area contributed by atoms with Crippen molar-refractivity contribution < 1.29 is 17.2 Å². The standard InChI is InChI=1S/C18H17FN2O3S/c1-12-10-15(8-9-16(12)19)25(22,23)20-11-17-21-18(13(2)24-17)14-6-4-3-5-7-14/h3-10,20H,11H2,1-2H3. The fraction of sp³-hybridized carbons (Fsp3) is 0.167. The topological polar surface area (TPSA) is 72.2 Å². The summed E-state index contributed by atoms with van der Waals surface area (Å²) in [5.74, 6) is 0.423. The van der Waals surface area contributed by atoms with E-state index in [-0.39, 0.29) is 22.9 Å². The van der Waals surface area contributed by atoms with Crippen LogP contribution < -0.4 is 4.72 Å². The summed E-state index contributed by atoms with van der Waals surface area (Å²) in [7, 11) is -3.78. The van der Waals surface area contributed by atoms with E-state index in [4.69, 9.17) is 4.42 Å². The van der Waals surface area contributed by atoms with Crippen molar-refractivity contribution in [3.8, 4) is 11.3 Å². The molecule has 25 heavy (non-hydrogen) atoms. The predicted molar refractivity (Wildman–Crippen MR) is 91.8 cm³/mol. The number of benzene rings is 2. The van der Waals surface area contributed by atoms with Gasteiger partial charge in [0.25, 0.3) is 0 Å². The maximum absolute atomic E-state index is 13.3. The summed E-state index contributed by atoms with van der Waals surface area (Å²) in [6.45, 7) is 3.20. The Morgan fingerprint density at radius 3 is 2.52 bits per heavy atom. The second kappa shape index (κ2) is 6.78. The van der Waals surface area contributed by atoms with Crippen LogP contribution >= 0.6 is 0 Å². The Bertz CT molecular complexity index is 998. The third-order valence-electron chi connectivity index (χ3n) is 3.74. The first-order valence-electron chi connectivity index (χ1n) is 7.64. The lowest BCUT2D eigenvalue weighted by atomic mass is 10.1. The van der Waals surface area contributed by atoms with Crippen molar-refractivity contribution >= 4 is 10.0 Å². The Morgan fingerprint density at radius 1 is 1.12 bits per heavy atom. The molecule has 2 aromatic carbocycles. The number of halogens is 1. The summed E-state index contributed by atoms with van der Waals surface area (Å²) in [6.07, 6.45) is 0. The first kappa shape index (κ1) is 17.3. The van der Waals surface area contributed by atoms with Gasteiger partial charge in [-0.05, 0) is 37.6 Å². The third kappa shape index (κ3) is 3.78.